The molecule has 3 nitrogen and oxygen atoms in total. The second-order valence-corrected chi connectivity index (χ2v) is 5.79. The summed E-state index contributed by atoms with van der Waals surface area (Å²) >= 11 is 1.67. The van der Waals surface area contributed by atoms with Gasteiger partial charge in [0.15, 0.2) is 0 Å². The van der Waals surface area contributed by atoms with Crippen LogP contribution in [-0.4, -0.2) is 36.6 Å². The molecule has 1 aromatic heterocycles. The molecular weight excluding hydrogens is 230 g/mol. The molecule has 1 N–H and O–H groups in total. The number of thiazole rings is 1. The smallest absolute Gasteiger partial charge is 0.0795 e. The Kier molecular flexibility index (Phi) is 5.42. The van der Waals surface area contributed by atoms with Gasteiger partial charge in [-0.1, -0.05) is 12.8 Å². The van der Waals surface area contributed by atoms with Crippen LogP contribution in [0.15, 0.2) is 10.9 Å². The number of aromatic nitrogens is 1. The van der Waals surface area contributed by atoms with E-state index in [-0.39, 0.29) is 0 Å². The van der Waals surface area contributed by atoms with E-state index < -0.39 is 0 Å². The Hall–Kier alpha value is -0.450. The van der Waals surface area contributed by atoms with Crippen LogP contribution in [-0.2, 0) is 6.54 Å². The average molecular weight is 253 g/mol. The van der Waals surface area contributed by atoms with Gasteiger partial charge in [-0.05, 0) is 32.4 Å². The Labute approximate surface area is 108 Å². The quantitative estimate of drug-likeness (QED) is 0.756. The zero-order chi connectivity index (χ0) is 11.9. The molecule has 1 aromatic rings. The first-order chi connectivity index (χ1) is 8.34. The van der Waals surface area contributed by atoms with Crippen molar-refractivity contribution in [1.29, 1.82) is 0 Å². The van der Waals surface area contributed by atoms with Gasteiger partial charge in [0.1, 0.15) is 0 Å². The van der Waals surface area contributed by atoms with Crippen molar-refractivity contribution in [2.24, 2.45) is 5.92 Å². The zero-order valence-electron chi connectivity index (χ0n) is 10.7. The molecule has 1 heterocycles. The maximum Gasteiger partial charge on any atom is 0.0795 e. The maximum absolute atomic E-state index is 4.30. The summed E-state index contributed by atoms with van der Waals surface area (Å²) in [4.78, 5) is 6.63. The predicted octanol–water partition coefficient (Wildman–Crippen LogP) is 2.35. The normalized spacial score (nSPS) is 17.1. The highest BCUT2D eigenvalue weighted by Crippen LogP contribution is 2.23. The summed E-state index contributed by atoms with van der Waals surface area (Å²) in [5, 5.41) is 5.71. The summed E-state index contributed by atoms with van der Waals surface area (Å²) in [5.41, 5.74) is 3.09. The van der Waals surface area contributed by atoms with Gasteiger partial charge in [0.05, 0.1) is 11.2 Å². The van der Waals surface area contributed by atoms with E-state index in [2.05, 4.69) is 27.6 Å². The molecule has 0 spiro atoms. The minimum absolute atomic E-state index is 0.943. The largest absolute Gasteiger partial charge is 0.315 e. The van der Waals surface area contributed by atoms with Gasteiger partial charge in [-0.3, -0.25) is 4.90 Å². The van der Waals surface area contributed by atoms with Gasteiger partial charge in [-0.2, -0.15) is 0 Å². The van der Waals surface area contributed by atoms with Crippen molar-refractivity contribution in [3.8, 4) is 0 Å². The topological polar surface area (TPSA) is 28.2 Å². The van der Waals surface area contributed by atoms with E-state index in [0.717, 1.165) is 25.6 Å². The highest BCUT2D eigenvalue weighted by Gasteiger charge is 2.13. The third kappa shape index (κ3) is 4.74. The molecule has 0 amide bonds. The molecule has 0 aromatic carbocycles. The second kappa shape index (κ2) is 7.09. The molecule has 1 fully saturated rings. The Morgan fingerprint density at radius 3 is 3.00 bits per heavy atom. The Morgan fingerprint density at radius 1 is 1.47 bits per heavy atom. The number of hydrogen-bond donors (Lipinski definition) is 1. The van der Waals surface area contributed by atoms with Crippen molar-refractivity contribution in [1.82, 2.24) is 15.2 Å². The molecule has 0 atom stereocenters. The van der Waals surface area contributed by atoms with Gasteiger partial charge in [0.2, 0.25) is 0 Å². The lowest BCUT2D eigenvalue weighted by molar-refractivity contribution is 0.317. The molecule has 0 saturated heterocycles. The van der Waals surface area contributed by atoms with E-state index >= 15 is 0 Å². The minimum Gasteiger partial charge on any atom is -0.315 e. The molecule has 0 radical (unpaired) electrons. The average Bonchev–Trinajstić information content (AvgIpc) is 2.96. The summed E-state index contributed by atoms with van der Waals surface area (Å²) in [6.45, 7) is 4.38. The van der Waals surface area contributed by atoms with Crippen LogP contribution in [0, 0.1) is 5.92 Å². The maximum atomic E-state index is 4.30. The fourth-order valence-electron chi connectivity index (χ4n) is 2.46. The summed E-state index contributed by atoms with van der Waals surface area (Å²) < 4.78 is 0. The van der Waals surface area contributed by atoms with E-state index in [4.69, 9.17) is 0 Å². The predicted molar refractivity (Wildman–Crippen MR) is 73.3 cm³/mol. The monoisotopic (exact) mass is 253 g/mol. The first kappa shape index (κ1) is 13.0. The SMILES string of the molecule is CN(CCNCC1CCCC1)Cc1cscn1. The first-order valence-corrected chi connectivity index (χ1v) is 7.55. The molecule has 0 bridgehead atoms. The molecule has 1 aliphatic carbocycles. The number of likely N-dealkylation sites (N-methyl/N-ethyl adjacent to an activating group) is 1. The van der Waals surface area contributed by atoms with Gasteiger partial charge in [0, 0.05) is 25.0 Å². The van der Waals surface area contributed by atoms with Crippen LogP contribution in [0.4, 0.5) is 0 Å². The Bertz CT molecular complexity index is 294. The molecule has 96 valence electrons. The molecule has 0 unspecified atom stereocenters. The summed E-state index contributed by atoms with van der Waals surface area (Å²) in [6.07, 6.45) is 5.75. The van der Waals surface area contributed by atoms with E-state index in [9.17, 15) is 0 Å². The number of hydrogen-bond acceptors (Lipinski definition) is 4. The molecule has 0 aliphatic heterocycles. The first-order valence-electron chi connectivity index (χ1n) is 6.61. The van der Waals surface area contributed by atoms with E-state index in [1.807, 2.05) is 5.51 Å². The number of nitrogens with one attached hydrogen (secondary N) is 1. The Morgan fingerprint density at radius 2 is 2.29 bits per heavy atom. The van der Waals surface area contributed by atoms with Gasteiger partial charge >= 0.3 is 0 Å². The second-order valence-electron chi connectivity index (χ2n) is 5.07. The van der Waals surface area contributed by atoms with Gasteiger partial charge in [0.25, 0.3) is 0 Å². The van der Waals surface area contributed by atoms with E-state index in [1.54, 1.807) is 11.3 Å². The molecular formula is C13H23N3S. The third-order valence-electron chi connectivity index (χ3n) is 3.49. The van der Waals surface area contributed by atoms with Gasteiger partial charge in [-0.25, -0.2) is 4.98 Å². The molecule has 1 aliphatic rings. The zero-order valence-corrected chi connectivity index (χ0v) is 11.5. The van der Waals surface area contributed by atoms with Crippen LogP contribution in [0.5, 0.6) is 0 Å². The standard InChI is InChI=1S/C13H23N3S/c1-16(9-13-10-17-11-15-13)7-6-14-8-12-4-2-3-5-12/h10-12,14H,2-9H2,1H3. The number of nitrogens with zero attached hydrogens (tertiary/aromatic N) is 2. The lowest BCUT2D eigenvalue weighted by Gasteiger charge is -2.16. The lowest BCUT2D eigenvalue weighted by Crippen LogP contribution is -2.31. The minimum atomic E-state index is 0.943. The van der Waals surface area contributed by atoms with Gasteiger partial charge in [-0.15, -0.1) is 11.3 Å². The van der Waals surface area contributed by atoms with Crippen molar-refractivity contribution in [2.45, 2.75) is 32.2 Å². The fourth-order valence-corrected chi connectivity index (χ4v) is 3.01. The van der Waals surface area contributed by atoms with Crippen molar-refractivity contribution in [2.75, 3.05) is 26.7 Å². The summed E-state index contributed by atoms with van der Waals surface area (Å²) in [7, 11) is 2.16. The van der Waals surface area contributed by atoms with Crippen LogP contribution in [0.3, 0.4) is 0 Å². The van der Waals surface area contributed by atoms with Crippen molar-refractivity contribution in [3.05, 3.63) is 16.6 Å². The fraction of sp³-hybridized carbons (Fsp3) is 0.769. The van der Waals surface area contributed by atoms with E-state index in [1.165, 1.54) is 37.9 Å². The molecule has 4 heteroatoms. The highest BCUT2D eigenvalue weighted by molar-refractivity contribution is 7.07. The third-order valence-corrected chi connectivity index (χ3v) is 4.13. The van der Waals surface area contributed by atoms with Crippen molar-refractivity contribution in [3.63, 3.8) is 0 Å². The molecule has 1 saturated carbocycles. The highest BCUT2D eigenvalue weighted by atomic mass is 32.1. The Balaban J connectivity index is 1.52. The van der Waals surface area contributed by atoms with Crippen LogP contribution in [0.2, 0.25) is 0 Å². The summed E-state index contributed by atoms with van der Waals surface area (Å²) in [6, 6.07) is 0. The van der Waals surface area contributed by atoms with Gasteiger partial charge < -0.3 is 5.32 Å². The van der Waals surface area contributed by atoms with Crippen LogP contribution in [0.1, 0.15) is 31.4 Å². The molecule has 17 heavy (non-hydrogen) atoms. The number of rotatable bonds is 7. The van der Waals surface area contributed by atoms with Crippen molar-refractivity contribution >= 4 is 11.3 Å². The summed E-state index contributed by atoms with van der Waals surface area (Å²) in [5.74, 6) is 0.943. The van der Waals surface area contributed by atoms with Crippen LogP contribution in [0.25, 0.3) is 0 Å². The lowest BCUT2D eigenvalue weighted by atomic mass is 10.1. The van der Waals surface area contributed by atoms with E-state index in [0.29, 0.717) is 0 Å². The molecule has 2 rings (SSSR count). The van der Waals surface area contributed by atoms with Crippen LogP contribution < -0.4 is 5.32 Å². The van der Waals surface area contributed by atoms with Crippen molar-refractivity contribution < 1.29 is 0 Å². The van der Waals surface area contributed by atoms with Crippen LogP contribution >= 0.6 is 11.3 Å².